The van der Waals surface area contributed by atoms with Crippen LogP contribution in [0.2, 0.25) is 0 Å². The van der Waals surface area contributed by atoms with Gasteiger partial charge in [0.2, 0.25) is 0 Å². The highest BCUT2D eigenvalue weighted by Crippen LogP contribution is 2.09. The molecule has 0 saturated heterocycles. The van der Waals surface area contributed by atoms with E-state index in [1.54, 1.807) is 0 Å². The van der Waals surface area contributed by atoms with E-state index >= 15 is 0 Å². The third-order valence-electron chi connectivity index (χ3n) is 4.37. The Morgan fingerprint density at radius 3 is 2.19 bits per heavy atom. The highest BCUT2D eigenvalue weighted by molar-refractivity contribution is 5.85. The molecule has 0 saturated carbocycles. The molecule has 26 heavy (non-hydrogen) atoms. The highest BCUT2D eigenvalue weighted by Gasteiger charge is 2.10. The zero-order chi connectivity index (χ0) is 17.3. The first-order chi connectivity index (χ1) is 12.3. The minimum absolute atomic E-state index is 0. The number of hydrogen-bond acceptors (Lipinski definition) is 3. The first-order valence-electron chi connectivity index (χ1n) is 8.85. The molecular weight excluding hydrogens is 344 g/mol. The van der Waals surface area contributed by atoms with Gasteiger partial charge >= 0.3 is 0 Å². The molecule has 4 nitrogen and oxygen atoms in total. The van der Waals surface area contributed by atoms with Gasteiger partial charge in [-0.15, -0.1) is 12.4 Å². The van der Waals surface area contributed by atoms with E-state index in [4.69, 9.17) is 5.73 Å². The molecule has 0 aliphatic rings. The fraction of sp³-hybridized carbons (Fsp3) is 0.286. The van der Waals surface area contributed by atoms with Crippen LogP contribution in [0.15, 0.2) is 73.1 Å². The van der Waals surface area contributed by atoms with Crippen LogP contribution in [0.4, 0.5) is 0 Å². The summed E-state index contributed by atoms with van der Waals surface area (Å²) in [6.07, 6.45) is 4.97. The fourth-order valence-electron chi connectivity index (χ4n) is 3.00. The number of hydrogen-bond donors (Lipinski definition) is 1. The average Bonchev–Trinajstić information content (AvgIpc) is 3.08. The van der Waals surface area contributed by atoms with Gasteiger partial charge in [0, 0.05) is 38.6 Å². The van der Waals surface area contributed by atoms with E-state index in [0.29, 0.717) is 6.54 Å². The van der Waals surface area contributed by atoms with E-state index in [1.807, 2.05) is 12.3 Å². The molecule has 0 atom stereocenters. The number of benzene rings is 2. The Labute approximate surface area is 162 Å². The molecule has 0 aliphatic carbocycles. The summed E-state index contributed by atoms with van der Waals surface area (Å²) >= 11 is 0. The van der Waals surface area contributed by atoms with Gasteiger partial charge in [-0.05, 0) is 17.5 Å². The smallest absolute Gasteiger partial charge is 0.123 e. The van der Waals surface area contributed by atoms with Gasteiger partial charge in [-0.3, -0.25) is 4.90 Å². The summed E-state index contributed by atoms with van der Waals surface area (Å²) in [6.45, 7) is 4.20. The van der Waals surface area contributed by atoms with Gasteiger partial charge in [0.25, 0.3) is 0 Å². The molecule has 5 heteroatoms. The molecule has 0 fully saturated rings. The van der Waals surface area contributed by atoms with Gasteiger partial charge in [-0.1, -0.05) is 60.7 Å². The number of rotatable bonds is 9. The number of halogens is 1. The predicted molar refractivity (Wildman–Crippen MR) is 109 cm³/mol. The Morgan fingerprint density at radius 1 is 0.885 bits per heavy atom. The fourth-order valence-corrected chi connectivity index (χ4v) is 3.00. The van der Waals surface area contributed by atoms with Crippen LogP contribution in [0.25, 0.3) is 0 Å². The number of imidazole rings is 1. The summed E-state index contributed by atoms with van der Waals surface area (Å²) in [4.78, 5) is 6.96. The van der Waals surface area contributed by atoms with Crippen molar-refractivity contribution in [1.82, 2.24) is 14.5 Å². The lowest BCUT2D eigenvalue weighted by atomic mass is 10.1. The van der Waals surface area contributed by atoms with Crippen molar-refractivity contribution < 1.29 is 0 Å². The standard InChI is InChI=1S/C21H26N4.ClH/c22-12-15-24(14-11-19-7-3-1-4-8-19)18-21-23-13-16-25(21)17-20-9-5-2-6-10-20;/h1-10,13,16H,11-12,14-15,17-18,22H2;1H. The van der Waals surface area contributed by atoms with Gasteiger partial charge in [-0.2, -0.15) is 0 Å². The number of nitrogens with two attached hydrogens (primary N) is 1. The molecule has 1 heterocycles. The molecule has 0 amide bonds. The summed E-state index contributed by atoms with van der Waals surface area (Å²) in [5.74, 6) is 1.09. The third-order valence-corrected chi connectivity index (χ3v) is 4.37. The van der Waals surface area contributed by atoms with Crippen molar-refractivity contribution in [2.24, 2.45) is 5.73 Å². The lowest BCUT2D eigenvalue weighted by Gasteiger charge is -2.22. The molecule has 2 aromatic carbocycles. The molecule has 0 unspecified atom stereocenters. The quantitative estimate of drug-likeness (QED) is 0.628. The van der Waals surface area contributed by atoms with Crippen molar-refractivity contribution in [3.63, 3.8) is 0 Å². The molecule has 2 N–H and O–H groups in total. The summed E-state index contributed by atoms with van der Waals surface area (Å²) in [5, 5.41) is 0. The molecule has 0 bridgehead atoms. The second-order valence-electron chi connectivity index (χ2n) is 6.26. The summed E-state index contributed by atoms with van der Waals surface area (Å²) in [6, 6.07) is 21.1. The molecule has 3 aromatic rings. The van der Waals surface area contributed by atoms with Crippen LogP contribution in [0.5, 0.6) is 0 Å². The number of nitrogens with zero attached hydrogens (tertiary/aromatic N) is 3. The second kappa shape index (κ2) is 10.8. The summed E-state index contributed by atoms with van der Waals surface area (Å²) < 4.78 is 2.22. The minimum Gasteiger partial charge on any atom is -0.329 e. The monoisotopic (exact) mass is 370 g/mol. The largest absolute Gasteiger partial charge is 0.329 e. The Balaban J connectivity index is 0.00000243. The Morgan fingerprint density at radius 2 is 1.54 bits per heavy atom. The van der Waals surface area contributed by atoms with Crippen LogP contribution >= 0.6 is 12.4 Å². The first kappa shape index (κ1) is 20.2. The van der Waals surface area contributed by atoms with Crippen LogP contribution < -0.4 is 5.73 Å². The van der Waals surface area contributed by atoms with Crippen LogP contribution in [0, 0.1) is 0 Å². The van der Waals surface area contributed by atoms with Crippen molar-refractivity contribution in [1.29, 1.82) is 0 Å². The highest BCUT2D eigenvalue weighted by atomic mass is 35.5. The van der Waals surface area contributed by atoms with E-state index in [2.05, 4.69) is 75.2 Å². The van der Waals surface area contributed by atoms with E-state index < -0.39 is 0 Å². The summed E-state index contributed by atoms with van der Waals surface area (Å²) in [7, 11) is 0. The average molecular weight is 371 g/mol. The van der Waals surface area contributed by atoms with Gasteiger partial charge in [0.1, 0.15) is 5.82 Å². The van der Waals surface area contributed by atoms with Crippen molar-refractivity contribution in [3.05, 3.63) is 90.0 Å². The van der Waals surface area contributed by atoms with Crippen molar-refractivity contribution in [2.75, 3.05) is 19.6 Å². The van der Waals surface area contributed by atoms with Gasteiger partial charge in [0.15, 0.2) is 0 Å². The van der Waals surface area contributed by atoms with E-state index in [9.17, 15) is 0 Å². The van der Waals surface area contributed by atoms with Gasteiger partial charge < -0.3 is 10.3 Å². The van der Waals surface area contributed by atoms with Crippen LogP contribution in [0.3, 0.4) is 0 Å². The first-order valence-corrected chi connectivity index (χ1v) is 8.85. The lowest BCUT2D eigenvalue weighted by Crippen LogP contribution is -2.32. The molecule has 138 valence electrons. The maximum atomic E-state index is 5.82. The van der Waals surface area contributed by atoms with E-state index in [1.165, 1.54) is 11.1 Å². The van der Waals surface area contributed by atoms with E-state index in [-0.39, 0.29) is 12.4 Å². The molecule has 0 spiro atoms. The Kier molecular flexibility index (Phi) is 8.35. The zero-order valence-corrected chi connectivity index (χ0v) is 15.8. The van der Waals surface area contributed by atoms with Crippen molar-refractivity contribution in [3.8, 4) is 0 Å². The van der Waals surface area contributed by atoms with Crippen LogP contribution in [-0.4, -0.2) is 34.1 Å². The normalized spacial score (nSPS) is 10.7. The predicted octanol–water partition coefficient (Wildman–Crippen LogP) is 3.36. The zero-order valence-electron chi connectivity index (χ0n) is 15.0. The molecule has 3 rings (SSSR count). The topological polar surface area (TPSA) is 47.1 Å². The van der Waals surface area contributed by atoms with Gasteiger partial charge in [-0.25, -0.2) is 4.98 Å². The third kappa shape index (κ3) is 5.99. The van der Waals surface area contributed by atoms with E-state index in [0.717, 1.165) is 38.4 Å². The molecule has 0 radical (unpaired) electrons. The van der Waals surface area contributed by atoms with Gasteiger partial charge in [0.05, 0.1) is 6.54 Å². The lowest BCUT2D eigenvalue weighted by molar-refractivity contribution is 0.266. The molecule has 0 aliphatic heterocycles. The minimum atomic E-state index is 0. The Hall–Kier alpha value is -2.14. The molecular formula is C21H27ClN4. The van der Waals surface area contributed by atoms with Crippen molar-refractivity contribution in [2.45, 2.75) is 19.5 Å². The summed E-state index contributed by atoms with van der Waals surface area (Å²) in [5.41, 5.74) is 8.47. The number of aromatic nitrogens is 2. The van der Waals surface area contributed by atoms with Crippen molar-refractivity contribution >= 4 is 12.4 Å². The SMILES string of the molecule is Cl.NCCN(CCc1ccccc1)Cc1nccn1Cc1ccccc1. The maximum Gasteiger partial charge on any atom is 0.123 e. The van der Waals surface area contributed by atoms with Crippen LogP contribution in [0.1, 0.15) is 17.0 Å². The second-order valence-corrected chi connectivity index (χ2v) is 6.26. The van der Waals surface area contributed by atoms with Crippen LogP contribution in [-0.2, 0) is 19.5 Å². The maximum absolute atomic E-state index is 5.82. The Bertz CT molecular complexity index is 743. The molecule has 1 aromatic heterocycles.